The molecule has 0 aromatic carbocycles. The molecule has 0 saturated carbocycles. The van der Waals surface area contributed by atoms with Crippen LogP contribution in [0.4, 0.5) is 0 Å². The molecule has 0 atom stereocenters. The van der Waals surface area contributed by atoms with Crippen molar-refractivity contribution in [2.24, 2.45) is 0 Å². The first-order valence-electron chi connectivity index (χ1n) is 7.52. The van der Waals surface area contributed by atoms with E-state index < -0.39 is 0 Å². The number of hydrogen-bond donors (Lipinski definition) is 2. The third-order valence-electron chi connectivity index (χ3n) is 3.25. The summed E-state index contributed by atoms with van der Waals surface area (Å²) in [4.78, 5) is 27.5. The predicted molar refractivity (Wildman–Crippen MR) is 86.5 cm³/mol. The molecule has 2 aromatic rings. The maximum absolute atomic E-state index is 12.4. The summed E-state index contributed by atoms with van der Waals surface area (Å²) in [6, 6.07) is 5.55. The third-order valence-corrected chi connectivity index (χ3v) is 3.25. The number of carbonyl (C=O) groups excluding carboxylic acids is 2. The maximum Gasteiger partial charge on any atom is 0.254 e. The molecule has 122 valence electrons. The second-order valence-corrected chi connectivity index (χ2v) is 5.44. The molecule has 0 bridgehead atoms. The average Bonchev–Trinajstić information content (AvgIpc) is 2.97. The highest BCUT2D eigenvalue weighted by molar-refractivity contribution is 5.95. The Kier molecular flexibility index (Phi) is 5.46. The van der Waals surface area contributed by atoms with Crippen LogP contribution >= 0.6 is 0 Å². The highest BCUT2D eigenvalue weighted by atomic mass is 16.2. The van der Waals surface area contributed by atoms with Crippen molar-refractivity contribution in [1.29, 1.82) is 0 Å². The fourth-order valence-electron chi connectivity index (χ4n) is 2.26. The number of hydrogen-bond acceptors (Lipinski definition) is 4. The van der Waals surface area contributed by atoms with Crippen LogP contribution in [-0.4, -0.2) is 39.7 Å². The fraction of sp³-hybridized carbons (Fsp3) is 0.375. The molecule has 0 unspecified atom stereocenters. The Morgan fingerprint density at radius 2 is 1.96 bits per heavy atom. The lowest BCUT2D eigenvalue weighted by atomic mass is 10.1. The van der Waals surface area contributed by atoms with Gasteiger partial charge in [0.2, 0.25) is 5.91 Å². The smallest absolute Gasteiger partial charge is 0.254 e. The molecule has 2 heterocycles. The summed E-state index contributed by atoms with van der Waals surface area (Å²) < 4.78 is 1.69. The normalized spacial score (nSPS) is 10.6. The summed E-state index contributed by atoms with van der Waals surface area (Å²) in [6.07, 6.45) is 3.24. The number of pyridine rings is 1. The highest BCUT2D eigenvalue weighted by Crippen LogP contribution is 2.22. The van der Waals surface area contributed by atoms with E-state index in [1.807, 2.05) is 32.0 Å². The summed E-state index contributed by atoms with van der Waals surface area (Å²) >= 11 is 0. The summed E-state index contributed by atoms with van der Waals surface area (Å²) in [7, 11) is 0. The lowest BCUT2D eigenvalue weighted by Gasteiger charge is -2.12. The number of rotatable bonds is 6. The van der Waals surface area contributed by atoms with E-state index in [0.29, 0.717) is 24.5 Å². The summed E-state index contributed by atoms with van der Waals surface area (Å²) in [5.41, 5.74) is 1.33. The zero-order valence-corrected chi connectivity index (χ0v) is 13.5. The summed E-state index contributed by atoms with van der Waals surface area (Å²) in [5.74, 6) is 0.454. The Hall–Kier alpha value is -2.70. The van der Waals surface area contributed by atoms with Crippen molar-refractivity contribution in [3.63, 3.8) is 0 Å². The van der Waals surface area contributed by atoms with E-state index in [1.165, 1.54) is 6.92 Å². The molecule has 2 rings (SSSR count). The standard InChI is InChI=1S/C16H21N5O2/c1-11(2)15-13(16(23)19-9-8-17-12(3)22)10-20-21(15)14-6-4-5-7-18-14/h4-7,10-11H,8-9H2,1-3H3,(H,17,22)(H,19,23). The van der Waals surface area contributed by atoms with E-state index in [4.69, 9.17) is 0 Å². The lowest BCUT2D eigenvalue weighted by Crippen LogP contribution is -2.34. The summed E-state index contributed by atoms with van der Waals surface area (Å²) in [5, 5.41) is 9.73. The van der Waals surface area contributed by atoms with Gasteiger partial charge in [-0.25, -0.2) is 9.67 Å². The van der Waals surface area contributed by atoms with E-state index in [9.17, 15) is 9.59 Å². The Morgan fingerprint density at radius 1 is 1.22 bits per heavy atom. The van der Waals surface area contributed by atoms with Gasteiger partial charge in [-0.1, -0.05) is 19.9 Å². The zero-order valence-electron chi connectivity index (χ0n) is 13.5. The van der Waals surface area contributed by atoms with E-state index >= 15 is 0 Å². The van der Waals surface area contributed by atoms with Crippen LogP contribution in [0, 0.1) is 0 Å². The topological polar surface area (TPSA) is 88.9 Å². The van der Waals surface area contributed by atoms with Crippen molar-refractivity contribution >= 4 is 11.8 Å². The van der Waals surface area contributed by atoms with E-state index in [2.05, 4.69) is 20.7 Å². The van der Waals surface area contributed by atoms with Gasteiger partial charge in [0, 0.05) is 26.2 Å². The summed E-state index contributed by atoms with van der Waals surface area (Å²) in [6.45, 7) is 6.21. The largest absolute Gasteiger partial charge is 0.355 e. The number of carbonyl (C=O) groups is 2. The minimum Gasteiger partial charge on any atom is -0.355 e. The van der Waals surface area contributed by atoms with Crippen molar-refractivity contribution in [3.8, 4) is 5.82 Å². The predicted octanol–water partition coefficient (Wildman–Crippen LogP) is 1.26. The van der Waals surface area contributed by atoms with Crippen LogP contribution in [0.2, 0.25) is 0 Å². The Bertz CT molecular complexity index is 679. The third kappa shape index (κ3) is 4.15. The molecule has 2 amide bonds. The second kappa shape index (κ2) is 7.53. The fourth-order valence-corrected chi connectivity index (χ4v) is 2.26. The van der Waals surface area contributed by atoms with Gasteiger partial charge < -0.3 is 10.6 Å². The van der Waals surface area contributed by atoms with Crippen LogP contribution in [0.1, 0.15) is 42.7 Å². The first-order valence-corrected chi connectivity index (χ1v) is 7.52. The molecule has 0 radical (unpaired) electrons. The molecule has 23 heavy (non-hydrogen) atoms. The van der Waals surface area contributed by atoms with Crippen LogP contribution in [0.3, 0.4) is 0 Å². The van der Waals surface area contributed by atoms with Crippen molar-refractivity contribution in [2.45, 2.75) is 26.7 Å². The van der Waals surface area contributed by atoms with Crippen LogP contribution in [0.25, 0.3) is 5.82 Å². The average molecular weight is 315 g/mol. The molecule has 7 nitrogen and oxygen atoms in total. The molecule has 0 saturated heterocycles. The van der Waals surface area contributed by atoms with Crippen LogP contribution in [-0.2, 0) is 4.79 Å². The van der Waals surface area contributed by atoms with E-state index in [0.717, 1.165) is 5.69 Å². The van der Waals surface area contributed by atoms with Gasteiger partial charge in [0.15, 0.2) is 5.82 Å². The van der Waals surface area contributed by atoms with Crippen LogP contribution < -0.4 is 10.6 Å². The van der Waals surface area contributed by atoms with Gasteiger partial charge >= 0.3 is 0 Å². The molecule has 7 heteroatoms. The monoisotopic (exact) mass is 315 g/mol. The Morgan fingerprint density at radius 3 is 2.57 bits per heavy atom. The Labute approximate surface area is 135 Å². The molecule has 2 aromatic heterocycles. The van der Waals surface area contributed by atoms with E-state index in [1.54, 1.807) is 17.1 Å². The molecular formula is C16H21N5O2. The minimum atomic E-state index is -0.207. The number of nitrogens with zero attached hydrogens (tertiary/aromatic N) is 3. The second-order valence-electron chi connectivity index (χ2n) is 5.44. The van der Waals surface area contributed by atoms with Crippen molar-refractivity contribution in [3.05, 3.63) is 41.9 Å². The molecule has 0 aliphatic heterocycles. The minimum absolute atomic E-state index is 0.107. The molecule has 0 aliphatic rings. The first kappa shape index (κ1) is 16.7. The quantitative estimate of drug-likeness (QED) is 0.785. The van der Waals surface area contributed by atoms with Gasteiger partial charge in [-0.3, -0.25) is 9.59 Å². The van der Waals surface area contributed by atoms with Gasteiger partial charge in [-0.05, 0) is 18.1 Å². The highest BCUT2D eigenvalue weighted by Gasteiger charge is 2.20. The van der Waals surface area contributed by atoms with Crippen molar-refractivity contribution < 1.29 is 9.59 Å². The molecule has 0 spiro atoms. The van der Waals surface area contributed by atoms with Gasteiger partial charge in [0.1, 0.15) is 0 Å². The van der Waals surface area contributed by atoms with Crippen molar-refractivity contribution in [2.75, 3.05) is 13.1 Å². The Balaban J connectivity index is 2.18. The first-order chi connectivity index (χ1) is 11.0. The van der Waals surface area contributed by atoms with Gasteiger partial charge in [0.05, 0.1) is 17.5 Å². The number of aromatic nitrogens is 3. The molecular weight excluding hydrogens is 294 g/mol. The molecule has 2 N–H and O–H groups in total. The number of amides is 2. The van der Waals surface area contributed by atoms with Gasteiger partial charge in [0.25, 0.3) is 5.91 Å². The maximum atomic E-state index is 12.4. The SMILES string of the molecule is CC(=O)NCCNC(=O)c1cnn(-c2ccccn2)c1C(C)C. The zero-order chi connectivity index (χ0) is 16.8. The number of nitrogens with one attached hydrogen (secondary N) is 2. The van der Waals surface area contributed by atoms with Gasteiger partial charge in [-0.15, -0.1) is 0 Å². The molecule has 0 aliphatic carbocycles. The molecule has 0 fully saturated rings. The van der Waals surface area contributed by atoms with Crippen molar-refractivity contribution in [1.82, 2.24) is 25.4 Å². The van der Waals surface area contributed by atoms with E-state index in [-0.39, 0.29) is 17.7 Å². The lowest BCUT2D eigenvalue weighted by molar-refractivity contribution is -0.118. The van der Waals surface area contributed by atoms with Crippen LogP contribution in [0.15, 0.2) is 30.6 Å². The van der Waals surface area contributed by atoms with Crippen LogP contribution in [0.5, 0.6) is 0 Å². The van der Waals surface area contributed by atoms with Gasteiger partial charge in [-0.2, -0.15) is 5.10 Å².